The number of aliphatic hydroxyl groups is 1. The van der Waals surface area contributed by atoms with Crippen molar-refractivity contribution in [1.82, 2.24) is 35.5 Å². The topological polar surface area (TPSA) is 140 Å². The summed E-state index contributed by atoms with van der Waals surface area (Å²) in [5, 5.41) is 20.1. The van der Waals surface area contributed by atoms with E-state index in [4.69, 9.17) is 19.4 Å². The molecule has 0 bridgehead atoms. The van der Waals surface area contributed by atoms with Gasteiger partial charge in [-0.3, -0.25) is 4.90 Å². The molecule has 2 fully saturated rings. The molecule has 3 aromatic carbocycles. The van der Waals surface area contributed by atoms with E-state index in [9.17, 15) is 9.90 Å². The maximum atomic E-state index is 12.1. The van der Waals surface area contributed by atoms with Crippen molar-refractivity contribution in [2.24, 2.45) is 17.8 Å². The zero-order valence-corrected chi connectivity index (χ0v) is 28.7. The van der Waals surface area contributed by atoms with Gasteiger partial charge in [-0.05, 0) is 83.5 Å². The summed E-state index contributed by atoms with van der Waals surface area (Å²) in [6, 6.07) is 14.7. The number of benzene rings is 3. The van der Waals surface area contributed by atoms with Crippen molar-refractivity contribution >= 4 is 27.9 Å². The van der Waals surface area contributed by atoms with Crippen molar-refractivity contribution < 1.29 is 19.4 Å². The number of nitrogens with zero attached hydrogens (tertiary/aromatic N) is 3. The number of imidazole rings is 2. The van der Waals surface area contributed by atoms with Crippen LogP contribution in [0, 0.1) is 17.8 Å². The lowest BCUT2D eigenvalue weighted by atomic mass is 9.92. The first kappa shape index (κ1) is 31.8. The molecule has 5 aromatic rings. The van der Waals surface area contributed by atoms with Crippen LogP contribution in [0.1, 0.15) is 69.8 Å². The molecule has 0 spiro atoms. The number of aromatic nitrogens is 4. The van der Waals surface area contributed by atoms with E-state index < -0.39 is 18.4 Å². The molecule has 49 heavy (non-hydrogen) atoms. The first-order valence-corrected chi connectivity index (χ1v) is 17.5. The Balaban J connectivity index is 1.09. The number of amides is 1. The highest BCUT2D eigenvalue weighted by atomic mass is 16.5. The Bertz CT molecular complexity index is 2040. The summed E-state index contributed by atoms with van der Waals surface area (Å²) in [5.74, 6) is 3.66. The molecule has 6 atom stereocenters. The smallest absolute Gasteiger partial charge is 0.407 e. The Hall–Kier alpha value is -4.45. The molecular formula is C38H45N7O4. The molecule has 1 unspecified atom stereocenters. The van der Waals surface area contributed by atoms with Gasteiger partial charge in [0.15, 0.2) is 0 Å². The van der Waals surface area contributed by atoms with E-state index in [0.29, 0.717) is 25.0 Å². The van der Waals surface area contributed by atoms with Crippen molar-refractivity contribution in [2.75, 3.05) is 20.2 Å². The fourth-order valence-electron chi connectivity index (χ4n) is 8.05. The molecule has 11 nitrogen and oxygen atoms in total. The minimum Gasteiger partial charge on any atom is -0.488 e. The molecule has 2 saturated heterocycles. The number of aliphatic hydroxyl groups excluding tert-OH is 1. The minimum atomic E-state index is -0.900. The largest absolute Gasteiger partial charge is 0.488 e. The van der Waals surface area contributed by atoms with Crippen molar-refractivity contribution in [3.63, 3.8) is 0 Å². The summed E-state index contributed by atoms with van der Waals surface area (Å²) in [5.41, 5.74) is 7.33. The number of hydrogen-bond acceptors (Lipinski definition) is 8. The average Bonchev–Trinajstić information content (AvgIpc) is 3.91. The average molecular weight is 664 g/mol. The van der Waals surface area contributed by atoms with Gasteiger partial charge in [-0.1, -0.05) is 45.9 Å². The second kappa shape index (κ2) is 12.5. The molecule has 0 saturated carbocycles. The quantitative estimate of drug-likeness (QED) is 0.134. The number of methoxy groups -OCH3 is 1. The Morgan fingerprint density at radius 3 is 2.69 bits per heavy atom. The summed E-state index contributed by atoms with van der Waals surface area (Å²) in [6.07, 6.45) is 2.42. The number of rotatable bonds is 7. The Morgan fingerprint density at radius 1 is 1.06 bits per heavy atom. The van der Waals surface area contributed by atoms with Crippen LogP contribution in [0.25, 0.3) is 44.2 Å². The Kier molecular flexibility index (Phi) is 8.08. The van der Waals surface area contributed by atoms with Gasteiger partial charge in [0.2, 0.25) is 0 Å². The first-order chi connectivity index (χ1) is 23.7. The van der Waals surface area contributed by atoms with Crippen LogP contribution in [0.3, 0.4) is 0 Å². The lowest BCUT2D eigenvalue weighted by Gasteiger charge is -2.35. The fraction of sp³-hybridized carbons (Fsp3) is 0.447. The van der Waals surface area contributed by atoms with E-state index in [1.165, 1.54) is 12.7 Å². The maximum Gasteiger partial charge on any atom is 0.407 e. The summed E-state index contributed by atoms with van der Waals surface area (Å²) >= 11 is 0. The van der Waals surface area contributed by atoms with Crippen molar-refractivity contribution in [1.29, 1.82) is 0 Å². The number of H-pyrrole nitrogens is 2. The van der Waals surface area contributed by atoms with Crippen LogP contribution in [0.5, 0.6) is 5.75 Å². The van der Waals surface area contributed by atoms with Crippen LogP contribution < -0.4 is 15.4 Å². The van der Waals surface area contributed by atoms with E-state index in [0.717, 1.165) is 81.0 Å². The predicted molar refractivity (Wildman–Crippen MR) is 189 cm³/mol. The zero-order chi connectivity index (χ0) is 34.0. The predicted octanol–water partition coefficient (Wildman–Crippen LogP) is 6.42. The van der Waals surface area contributed by atoms with Crippen LogP contribution in [-0.2, 0) is 11.3 Å². The number of likely N-dealkylation sites (tertiary alicyclic amines) is 1. The lowest BCUT2D eigenvalue weighted by Crippen LogP contribution is -2.54. The molecule has 3 aliphatic rings. The van der Waals surface area contributed by atoms with Gasteiger partial charge < -0.3 is 35.2 Å². The number of alkyl carbamates (subject to hydrolysis) is 1. The second-order valence-corrected chi connectivity index (χ2v) is 14.7. The van der Waals surface area contributed by atoms with Gasteiger partial charge in [-0.2, -0.15) is 0 Å². The molecule has 0 radical (unpaired) electrons. The van der Waals surface area contributed by atoms with Crippen LogP contribution in [-0.4, -0.2) is 68.5 Å². The van der Waals surface area contributed by atoms with Gasteiger partial charge in [0.1, 0.15) is 30.2 Å². The highest BCUT2D eigenvalue weighted by Gasteiger charge is 2.41. The van der Waals surface area contributed by atoms with Crippen LogP contribution in [0.15, 0.2) is 48.7 Å². The van der Waals surface area contributed by atoms with E-state index in [2.05, 4.69) is 81.8 Å². The van der Waals surface area contributed by atoms with Gasteiger partial charge in [0, 0.05) is 17.5 Å². The molecule has 11 heteroatoms. The first-order valence-electron chi connectivity index (χ1n) is 17.5. The molecule has 0 aliphatic carbocycles. The molecule has 5 N–H and O–H groups in total. The maximum absolute atomic E-state index is 12.1. The Labute approximate surface area is 285 Å². The number of carbonyl (C=O) groups excluding carboxylic acids is 1. The molecular weight excluding hydrogens is 618 g/mol. The summed E-state index contributed by atoms with van der Waals surface area (Å²) in [7, 11) is 1.34. The van der Waals surface area contributed by atoms with Crippen LogP contribution in [0.4, 0.5) is 4.79 Å². The van der Waals surface area contributed by atoms with Gasteiger partial charge in [0.05, 0.1) is 48.2 Å². The van der Waals surface area contributed by atoms with E-state index >= 15 is 0 Å². The fourth-order valence-corrected chi connectivity index (χ4v) is 8.05. The highest BCUT2D eigenvalue weighted by Crippen LogP contribution is 2.43. The van der Waals surface area contributed by atoms with Crippen molar-refractivity contribution in [2.45, 2.75) is 71.5 Å². The number of aromatic amines is 2. The molecule has 1 amide bonds. The van der Waals surface area contributed by atoms with Gasteiger partial charge in [-0.25, -0.2) is 14.8 Å². The number of ether oxygens (including phenoxy) is 2. The van der Waals surface area contributed by atoms with E-state index in [1.54, 1.807) is 0 Å². The van der Waals surface area contributed by atoms with Crippen LogP contribution in [0.2, 0.25) is 0 Å². The molecule has 3 aliphatic heterocycles. The van der Waals surface area contributed by atoms with Crippen LogP contribution >= 0.6 is 0 Å². The highest BCUT2D eigenvalue weighted by molar-refractivity contribution is 6.07. The van der Waals surface area contributed by atoms with Gasteiger partial charge in [-0.15, -0.1) is 0 Å². The summed E-state index contributed by atoms with van der Waals surface area (Å²) < 4.78 is 11.2. The van der Waals surface area contributed by atoms with Crippen molar-refractivity contribution in [3.8, 4) is 28.1 Å². The third-order valence-corrected chi connectivity index (χ3v) is 10.7. The summed E-state index contributed by atoms with van der Waals surface area (Å²) in [6.45, 7) is 10.6. The second-order valence-electron chi connectivity index (χ2n) is 14.7. The number of carbonyl (C=O) groups is 1. The number of nitrogens with one attached hydrogen (secondary N) is 4. The SMILES string of the molecule is COC(=O)N[C@@H](C(C)C)C(O)N1C[C@@H](C)C[C@H]1c1nc2ccc3cc4c(cc3c2[nH]1)OCc1cc(-c2cnc([C@@H]3C[C@H](C)CN3)[nH]2)ccc1-4. The molecule has 8 rings (SSSR count). The Morgan fingerprint density at radius 2 is 1.92 bits per heavy atom. The molecule has 2 aromatic heterocycles. The monoisotopic (exact) mass is 663 g/mol. The summed E-state index contributed by atoms with van der Waals surface area (Å²) in [4.78, 5) is 31.1. The third kappa shape index (κ3) is 5.73. The van der Waals surface area contributed by atoms with E-state index in [1.807, 2.05) is 20.0 Å². The van der Waals surface area contributed by atoms with Gasteiger partial charge >= 0.3 is 6.09 Å². The van der Waals surface area contributed by atoms with E-state index in [-0.39, 0.29) is 18.0 Å². The van der Waals surface area contributed by atoms with Gasteiger partial charge in [0.25, 0.3) is 0 Å². The number of fused-ring (bicyclic) bond motifs is 6. The molecule has 5 heterocycles. The standard InChI is InChI=1S/C38H45N7O4/c1-19(2)33(44-38(47)48-5)37(46)45-17-21(4)11-31(45)36-41-28-9-7-22-13-27-25-8-6-23(30-16-40-35(42-30)29-10-20(3)15-39-29)12-24(25)18-49-32(27)14-26(22)34(28)43-36/h6-9,12-14,16,19-21,29,31,33,37,39,46H,10-11,15,17-18H2,1-5H3,(H,40,42)(H,41,43)(H,44,47)/t20-,21-,29-,31-,33-,37?/m0/s1. The lowest BCUT2D eigenvalue weighted by molar-refractivity contribution is -0.0450. The number of hydrogen-bond donors (Lipinski definition) is 5. The van der Waals surface area contributed by atoms with Crippen molar-refractivity contribution in [3.05, 3.63) is 65.9 Å². The molecule has 256 valence electrons. The normalized spacial score (nSPS) is 23.4. The zero-order valence-electron chi connectivity index (χ0n) is 28.7. The minimum absolute atomic E-state index is 0.00496. The third-order valence-electron chi connectivity index (χ3n) is 10.7.